The average Bonchev–Trinajstić information content (AvgIpc) is 2.81. The van der Waals surface area contributed by atoms with Gasteiger partial charge in [-0.05, 0) is 36.4 Å². The monoisotopic (exact) mass is 286 g/mol. The molecule has 18 heavy (non-hydrogen) atoms. The van der Waals surface area contributed by atoms with Gasteiger partial charge in [-0.1, -0.05) is 11.6 Å². The largest absolute Gasteiger partial charge is 0.446 e. The SMILES string of the molecule is NCc1ccc(S(=O)(=O)Nc2ccc(Cl)cc2)o1. The molecule has 5 nitrogen and oxygen atoms in total. The van der Waals surface area contributed by atoms with Crippen LogP contribution >= 0.6 is 11.6 Å². The zero-order valence-electron chi connectivity index (χ0n) is 9.26. The summed E-state index contributed by atoms with van der Waals surface area (Å²) < 4.78 is 31.3. The molecule has 0 amide bonds. The van der Waals surface area contributed by atoms with Crippen LogP contribution in [0.25, 0.3) is 0 Å². The number of sulfonamides is 1. The summed E-state index contributed by atoms with van der Waals surface area (Å²) in [6, 6.07) is 9.19. The molecule has 0 spiro atoms. The number of hydrogen-bond donors (Lipinski definition) is 2. The predicted molar refractivity (Wildman–Crippen MR) is 68.9 cm³/mol. The Morgan fingerprint density at radius 1 is 1.17 bits per heavy atom. The maximum Gasteiger partial charge on any atom is 0.295 e. The van der Waals surface area contributed by atoms with Gasteiger partial charge in [-0.25, -0.2) is 0 Å². The van der Waals surface area contributed by atoms with Gasteiger partial charge in [0.05, 0.1) is 6.54 Å². The van der Waals surface area contributed by atoms with Gasteiger partial charge < -0.3 is 10.2 Å². The van der Waals surface area contributed by atoms with E-state index in [1.165, 1.54) is 12.1 Å². The highest BCUT2D eigenvalue weighted by atomic mass is 35.5. The number of hydrogen-bond acceptors (Lipinski definition) is 4. The topological polar surface area (TPSA) is 85.3 Å². The molecule has 0 saturated carbocycles. The van der Waals surface area contributed by atoms with Gasteiger partial charge in [0.15, 0.2) is 0 Å². The predicted octanol–water partition coefficient (Wildman–Crippen LogP) is 2.19. The van der Waals surface area contributed by atoms with Crippen molar-refractivity contribution >= 4 is 27.3 Å². The number of nitrogens with two attached hydrogens (primary N) is 1. The summed E-state index contributed by atoms with van der Waals surface area (Å²) in [7, 11) is -3.73. The fraction of sp³-hybridized carbons (Fsp3) is 0.0909. The molecule has 96 valence electrons. The van der Waals surface area contributed by atoms with E-state index >= 15 is 0 Å². The van der Waals surface area contributed by atoms with Crippen molar-refractivity contribution in [1.82, 2.24) is 0 Å². The molecule has 2 aromatic rings. The van der Waals surface area contributed by atoms with Crippen molar-refractivity contribution < 1.29 is 12.8 Å². The molecule has 0 aliphatic rings. The van der Waals surface area contributed by atoms with Gasteiger partial charge >= 0.3 is 0 Å². The third-order valence-electron chi connectivity index (χ3n) is 2.20. The van der Waals surface area contributed by atoms with Crippen LogP contribution < -0.4 is 10.5 Å². The minimum Gasteiger partial charge on any atom is -0.446 e. The van der Waals surface area contributed by atoms with Crippen molar-refractivity contribution in [3.8, 4) is 0 Å². The van der Waals surface area contributed by atoms with Crippen LogP contribution in [-0.4, -0.2) is 8.42 Å². The number of furan rings is 1. The zero-order chi connectivity index (χ0) is 13.2. The maximum atomic E-state index is 11.9. The number of rotatable bonds is 4. The maximum absolute atomic E-state index is 11.9. The first-order chi connectivity index (χ1) is 8.51. The van der Waals surface area contributed by atoms with Crippen LogP contribution in [0.4, 0.5) is 5.69 Å². The van der Waals surface area contributed by atoms with Crippen LogP contribution in [0.1, 0.15) is 5.76 Å². The zero-order valence-corrected chi connectivity index (χ0v) is 10.8. The second kappa shape index (κ2) is 5.01. The summed E-state index contributed by atoms with van der Waals surface area (Å²) in [6.45, 7) is 0.149. The molecule has 0 atom stereocenters. The second-order valence-electron chi connectivity index (χ2n) is 3.54. The lowest BCUT2D eigenvalue weighted by Gasteiger charge is -2.05. The van der Waals surface area contributed by atoms with Crippen molar-refractivity contribution in [2.75, 3.05) is 4.72 Å². The van der Waals surface area contributed by atoms with Gasteiger partial charge in [0.1, 0.15) is 5.76 Å². The van der Waals surface area contributed by atoms with Crippen LogP contribution in [0.2, 0.25) is 5.02 Å². The van der Waals surface area contributed by atoms with Gasteiger partial charge in [0.25, 0.3) is 10.0 Å². The lowest BCUT2D eigenvalue weighted by atomic mass is 10.3. The Morgan fingerprint density at radius 3 is 2.39 bits per heavy atom. The molecule has 2 rings (SSSR count). The molecule has 0 radical (unpaired) electrons. The van der Waals surface area contributed by atoms with Crippen molar-refractivity contribution in [1.29, 1.82) is 0 Å². The molecule has 0 aliphatic heterocycles. The molecule has 1 aromatic carbocycles. The fourth-order valence-electron chi connectivity index (χ4n) is 1.34. The van der Waals surface area contributed by atoms with Crippen molar-refractivity contribution in [2.24, 2.45) is 5.73 Å². The first kappa shape index (κ1) is 12.9. The normalized spacial score (nSPS) is 11.4. The molecule has 1 heterocycles. The van der Waals surface area contributed by atoms with Crippen molar-refractivity contribution in [2.45, 2.75) is 11.6 Å². The Bertz CT molecular complexity index is 635. The Labute approximate surface area is 110 Å². The van der Waals surface area contributed by atoms with E-state index in [9.17, 15) is 8.42 Å². The fourth-order valence-corrected chi connectivity index (χ4v) is 2.47. The van der Waals surface area contributed by atoms with Crippen LogP contribution in [0.15, 0.2) is 45.9 Å². The molecule has 0 unspecified atom stereocenters. The van der Waals surface area contributed by atoms with E-state index in [4.69, 9.17) is 21.8 Å². The highest BCUT2D eigenvalue weighted by Crippen LogP contribution is 2.19. The first-order valence-electron chi connectivity index (χ1n) is 5.08. The van der Waals surface area contributed by atoms with Crippen LogP contribution in [0.5, 0.6) is 0 Å². The molecule has 0 fully saturated rings. The van der Waals surface area contributed by atoms with E-state index < -0.39 is 10.0 Å². The van der Waals surface area contributed by atoms with Crippen LogP contribution in [0, 0.1) is 0 Å². The number of nitrogens with one attached hydrogen (secondary N) is 1. The molecular formula is C11H11ClN2O3S. The summed E-state index contributed by atoms with van der Waals surface area (Å²) in [5.41, 5.74) is 5.76. The van der Waals surface area contributed by atoms with Crippen LogP contribution in [-0.2, 0) is 16.6 Å². The first-order valence-corrected chi connectivity index (χ1v) is 6.94. The Hall–Kier alpha value is -1.50. The highest BCUT2D eigenvalue weighted by molar-refractivity contribution is 7.92. The Morgan fingerprint density at radius 2 is 1.83 bits per heavy atom. The molecule has 7 heteroatoms. The van der Waals surface area contributed by atoms with E-state index in [1.807, 2.05) is 0 Å². The minimum atomic E-state index is -3.73. The van der Waals surface area contributed by atoms with Crippen LogP contribution in [0.3, 0.4) is 0 Å². The summed E-state index contributed by atoms with van der Waals surface area (Å²) in [5, 5.41) is 0.360. The number of halogens is 1. The van der Waals surface area contributed by atoms with E-state index in [-0.39, 0.29) is 11.6 Å². The van der Waals surface area contributed by atoms with Gasteiger partial charge in [-0.3, -0.25) is 4.72 Å². The lowest BCUT2D eigenvalue weighted by molar-refractivity contribution is 0.417. The molecule has 0 bridgehead atoms. The van der Waals surface area contributed by atoms with Gasteiger partial charge in [0.2, 0.25) is 5.09 Å². The second-order valence-corrected chi connectivity index (χ2v) is 5.59. The summed E-state index contributed by atoms with van der Waals surface area (Å²) >= 11 is 5.71. The summed E-state index contributed by atoms with van der Waals surface area (Å²) in [5.74, 6) is 0.409. The number of anilines is 1. The van der Waals surface area contributed by atoms with Gasteiger partial charge in [0, 0.05) is 10.7 Å². The van der Waals surface area contributed by atoms with Crippen molar-refractivity contribution in [3.63, 3.8) is 0 Å². The lowest BCUT2D eigenvalue weighted by Crippen LogP contribution is -2.12. The standard InChI is InChI=1S/C11H11ClN2O3S/c12-8-1-3-9(4-2-8)14-18(15,16)11-6-5-10(7-13)17-11/h1-6,14H,7,13H2. The van der Waals surface area contributed by atoms with E-state index in [2.05, 4.69) is 4.72 Å². The molecule has 1 aromatic heterocycles. The molecule has 0 aliphatic carbocycles. The van der Waals surface area contributed by atoms with Crippen molar-refractivity contribution in [3.05, 3.63) is 47.2 Å². The third kappa shape index (κ3) is 2.84. The smallest absolute Gasteiger partial charge is 0.295 e. The van der Waals surface area contributed by atoms with Gasteiger partial charge in [-0.15, -0.1) is 0 Å². The molecular weight excluding hydrogens is 276 g/mol. The highest BCUT2D eigenvalue weighted by Gasteiger charge is 2.18. The van der Waals surface area contributed by atoms with E-state index in [1.54, 1.807) is 24.3 Å². The Kier molecular flexibility index (Phi) is 3.60. The van der Waals surface area contributed by atoms with E-state index in [0.29, 0.717) is 16.5 Å². The average molecular weight is 287 g/mol. The van der Waals surface area contributed by atoms with Gasteiger partial charge in [-0.2, -0.15) is 8.42 Å². The quantitative estimate of drug-likeness (QED) is 0.902. The third-order valence-corrected chi connectivity index (χ3v) is 3.71. The summed E-state index contributed by atoms with van der Waals surface area (Å²) in [4.78, 5) is 0. The number of benzene rings is 1. The van der Waals surface area contributed by atoms with E-state index in [0.717, 1.165) is 0 Å². The summed E-state index contributed by atoms with van der Waals surface area (Å²) in [6.07, 6.45) is 0. The molecule has 3 N–H and O–H groups in total. The molecule has 0 saturated heterocycles. The minimum absolute atomic E-state index is 0.149. The Balaban J connectivity index is 2.24.